The summed E-state index contributed by atoms with van der Waals surface area (Å²) >= 11 is 0. The van der Waals surface area contributed by atoms with E-state index in [0.717, 1.165) is 17.7 Å². The number of benzene rings is 2. The summed E-state index contributed by atoms with van der Waals surface area (Å²) in [4.78, 5) is 25.8. The lowest BCUT2D eigenvalue weighted by Crippen LogP contribution is -2.29. The molecule has 2 aromatic carbocycles. The molecular weight excluding hydrogens is 295 g/mol. The van der Waals surface area contributed by atoms with E-state index in [4.69, 9.17) is 0 Å². The van der Waals surface area contributed by atoms with Gasteiger partial charge in [0, 0.05) is 19.0 Å². The minimum atomic E-state index is -0.331. The number of carbonyl (C=O) groups excluding carboxylic acids is 2. The molecule has 0 saturated heterocycles. The molecule has 1 aliphatic rings. The van der Waals surface area contributed by atoms with Crippen molar-refractivity contribution in [3.05, 3.63) is 58.9 Å². The molecule has 1 heterocycles. The number of carbonyl (C=O) groups is 2. The molecule has 23 heavy (non-hydrogen) atoms. The predicted molar refractivity (Wildman–Crippen MR) is 87.3 cm³/mol. The first-order valence-electron chi connectivity index (χ1n) is 7.45. The van der Waals surface area contributed by atoms with Gasteiger partial charge in [-0.05, 0) is 48.7 Å². The van der Waals surface area contributed by atoms with Gasteiger partial charge < -0.3 is 10.2 Å². The normalized spacial score (nSPS) is 12.9. The van der Waals surface area contributed by atoms with Gasteiger partial charge in [0.1, 0.15) is 5.82 Å². The van der Waals surface area contributed by atoms with Crippen molar-refractivity contribution in [3.63, 3.8) is 0 Å². The number of amides is 2. The average Bonchev–Trinajstić information content (AvgIpc) is 2.94. The van der Waals surface area contributed by atoms with Crippen LogP contribution in [0.15, 0.2) is 36.4 Å². The Morgan fingerprint density at radius 1 is 1.22 bits per heavy atom. The zero-order chi connectivity index (χ0) is 16.6. The van der Waals surface area contributed by atoms with Crippen LogP contribution in [0.25, 0.3) is 0 Å². The Hall–Kier alpha value is -2.69. The molecule has 1 N–H and O–H groups in total. The molecule has 0 aliphatic carbocycles. The van der Waals surface area contributed by atoms with Gasteiger partial charge in [0.2, 0.25) is 5.91 Å². The number of nitrogens with one attached hydrogen (secondary N) is 1. The first-order chi connectivity index (χ1) is 11.0. The largest absolute Gasteiger partial charge is 0.325 e. The van der Waals surface area contributed by atoms with Crippen LogP contribution in [0, 0.1) is 12.7 Å². The molecule has 0 bridgehead atoms. The SMILES string of the molecule is CC(=O)Nc1cccc2c1N(C(=O)c1ccc(F)c(C)c1)CC2. The van der Waals surface area contributed by atoms with E-state index < -0.39 is 0 Å². The summed E-state index contributed by atoms with van der Waals surface area (Å²) < 4.78 is 13.4. The van der Waals surface area contributed by atoms with E-state index >= 15 is 0 Å². The van der Waals surface area contributed by atoms with Crippen LogP contribution >= 0.6 is 0 Å². The maximum absolute atomic E-state index is 13.4. The minimum absolute atomic E-state index is 0.185. The van der Waals surface area contributed by atoms with Gasteiger partial charge in [0.05, 0.1) is 11.4 Å². The van der Waals surface area contributed by atoms with Crippen molar-refractivity contribution >= 4 is 23.2 Å². The van der Waals surface area contributed by atoms with Gasteiger partial charge in [-0.1, -0.05) is 12.1 Å². The highest BCUT2D eigenvalue weighted by Crippen LogP contribution is 2.36. The van der Waals surface area contributed by atoms with E-state index in [0.29, 0.717) is 23.4 Å². The van der Waals surface area contributed by atoms with Crippen molar-refractivity contribution in [3.8, 4) is 0 Å². The fourth-order valence-corrected chi connectivity index (χ4v) is 2.88. The monoisotopic (exact) mass is 312 g/mol. The molecule has 1 aliphatic heterocycles. The van der Waals surface area contributed by atoms with Crippen molar-refractivity contribution in [2.24, 2.45) is 0 Å². The van der Waals surface area contributed by atoms with Gasteiger partial charge in [-0.15, -0.1) is 0 Å². The Kier molecular flexibility index (Phi) is 3.86. The molecule has 0 radical (unpaired) electrons. The van der Waals surface area contributed by atoms with Gasteiger partial charge in [-0.25, -0.2) is 4.39 Å². The fourth-order valence-electron chi connectivity index (χ4n) is 2.88. The second-order valence-electron chi connectivity index (χ2n) is 5.67. The summed E-state index contributed by atoms with van der Waals surface area (Å²) in [5.74, 6) is -0.706. The van der Waals surface area contributed by atoms with Crippen molar-refractivity contribution in [1.82, 2.24) is 0 Å². The molecule has 4 nitrogen and oxygen atoms in total. The molecule has 0 unspecified atom stereocenters. The molecule has 0 aromatic heterocycles. The molecule has 0 saturated carbocycles. The highest BCUT2D eigenvalue weighted by atomic mass is 19.1. The number of hydrogen-bond acceptors (Lipinski definition) is 2. The Balaban J connectivity index is 1.99. The van der Waals surface area contributed by atoms with Crippen LogP contribution in [0.3, 0.4) is 0 Å². The van der Waals surface area contributed by atoms with Crippen molar-refractivity contribution in [2.45, 2.75) is 20.3 Å². The number of fused-ring (bicyclic) bond motifs is 1. The van der Waals surface area contributed by atoms with Crippen molar-refractivity contribution < 1.29 is 14.0 Å². The second kappa shape index (κ2) is 5.83. The molecule has 118 valence electrons. The summed E-state index contributed by atoms with van der Waals surface area (Å²) in [6.07, 6.45) is 0.731. The van der Waals surface area contributed by atoms with E-state index in [2.05, 4.69) is 5.32 Å². The minimum Gasteiger partial charge on any atom is -0.325 e. The third kappa shape index (κ3) is 2.82. The maximum Gasteiger partial charge on any atom is 0.258 e. The molecule has 0 fully saturated rings. The van der Waals surface area contributed by atoms with Crippen LogP contribution in [0.4, 0.5) is 15.8 Å². The zero-order valence-electron chi connectivity index (χ0n) is 13.0. The molecular formula is C18H17FN2O2. The van der Waals surface area contributed by atoms with Crippen LogP contribution in [-0.4, -0.2) is 18.4 Å². The summed E-state index contributed by atoms with van der Waals surface area (Å²) in [5.41, 5.74) is 3.25. The summed E-state index contributed by atoms with van der Waals surface area (Å²) in [7, 11) is 0. The number of para-hydroxylation sites is 1. The predicted octanol–water partition coefficient (Wildman–Crippen LogP) is 3.30. The third-order valence-corrected chi connectivity index (χ3v) is 3.95. The quantitative estimate of drug-likeness (QED) is 0.925. The number of halogens is 1. The van der Waals surface area contributed by atoms with Gasteiger partial charge in [0.25, 0.3) is 5.91 Å². The van der Waals surface area contributed by atoms with Crippen molar-refractivity contribution in [1.29, 1.82) is 0 Å². The van der Waals surface area contributed by atoms with Gasteiger partial charge >= 0.3 is 0 Å². The van der Waals surface area contributed by atoms with Crippen LogP contribution in [-0.2, 0) is 11.2 Å². The first kappa shape index (κ1) is 15.2. The van der Waals surface area contributed by atoms with E-state index in [1.807, 2.05) is 12.1 Å². The number of nitrogens with zero attached hydrogens (tertiary/aromatic N) is 1. The highest BCUT2D eigenvalue weighted by molar-refractivity contribution is 6.10. The average molecular weight is 312 g/mol. The van der Waals surface area contributed by atoms with Crippen LogP contribution in [0.2, 0.25) is 0 Å². The highest BCUT2D eigenvalue weighted by Gasteiger charge is 2.28. The third-order valence-electron chi connectivity index (χ3n) is 3.95. The van der Waals surface area contributed by atoms with E-state index in [1.54, 1.807) is 24.0 Å². The van der Waals surface area contributed by atoms with Gasteiger partial charge in [0.15, 0.2) is 0 Å². The molecule has 0 atom stereocenters. The Morgan fingerprint density at radius 3 is 2.70 bits per heavy atom. The van der Waals surface area contributed by atoms with E-state index in [-0.39, 0.29) is 17.6 Å². The lowest BCUT2D eigenvalue weighted by Gasteiger charge is -2.21. The number of anilines is 2. The molecule has 2 amide bonds. The Bertz CT molecular complexity index is 802. The lowest BCUT2D eigenvalue weighted by atomic mass is 10.1. The summed E-state index contributed by atoms with van der Waals surface area (Å²) in [6, 6.07) is 9.94. The van der Waals surface area contributed by atoms with Crippen LogP contribution < -0.4 is 10.2 Å². The summed E-state index contributed by atoms with van der Waals surface area (Å²) in [5, 5.41) is 2.77. The second-order valence-corrected chi connectivity index (χ2v) is 5.67. The first-order valence-corrected chi connectivity index (χ1v) is 7.45. The number of aryl methyl sites for hydroxylation is 1. The molecule has 2 aromatic rings. The Labute approximate surface area is 133 Å². The van der Waals surface area contributed by atoms with E-state index in [1.165, 1.54) is 19.1 Å². The maximum atomic E-state index is 13.4. The van der Waals surface area contributed by atoms with E-state index in [9.17, 15) is 14.0 Å². The molecule has 0 spiro atoms. The van der Waals surface area contributed by atoms with Gasteiger partial charge in [-0.2, -0.15) is 0 Å². The topological polar surface area (TPSA) is 49.4 Å². The zero-order valence-corrected chi connectivity index (χ0v) is 13.0. The smallest absolute Gasteiger partial charge is 0.258 e. The van der Waals surface area contributed by atoms with Crippen molar-refractivity contribution in [2.75, 3.05) is 16.8 Å². The standard InChI is InChI=1S/C18H17FN2O2/c1-11-10-14(6-7-15(11)19)18(23)21-9-8-13-4-3-5-16(17(13)21)20-12(2)22/h3-7,10H,8-9H2,1-2H3,(H,20,22). The molecule has 3 rings (SSSR count). The van der Waals surface area contributed by atoms with Crippen LogP contribution in [0.5, 0.6) is 0 Å². The Morgan fingerprint density at radius 2 is 2.00 bits per heavy atom. The number of hydrogen-bond donors (Lipinski definition) is 1. The number of rotatable bonds is 2. The van der Waals surface area contributed by atoms with Crippen LogP contribution in [0.1, 0.15) is 28.4 Å². The fraction of sp³-hybridized carbons (Fsp3) is 0.222. The molecule has 5 heteroatoms. The van der Waals surface area contributed by atoms with Gasteiger partial charge in [-0.3, -0.25) is 9.59 Å². The lowest BCUT2D eigenvalue weighted by molar-refractivity contribution is -0.114. The summed E-state index contributed by atoms with van der Waals surface area (Å²) in [6.45, 7) is 3.61.